The largest absolute Gasteiger partial charge is 0.491 e. The van der Waals surface area contributed by atoms with E-state index in [1.54, 1.807) is 6.92 Å². The molecular weight excluding hydrogens is 206 g/mol. The van der Waals surface area contributed by atoms with E-state index in [9.17, 15) is 10.0 Å². The Balaban J connectivity index is 2.99. The fraction of sp³-hybridized carbons (Fsp3) is 0.583. The zero-order valence-corrected chi connectivity index (χ0v) is 10.1. The first kappa shape index (κ1) is 12.6. The molecule has 0 aliphatic heterocycles. The Hall–Kier alpha value is -1.45. The Morgan fingerprint density at radius 3 is 2.69 bits per heavy atom. The van der Waals surface area contributed by atoms with E-state index in [0.29, 0.717) is 17.8 Å². The summed E-state index contributed by atoms with van der Waals surface area (Å²) in [5, 5.41) is 9.83. The number of aryl methyl sites for hydroxylation is 1. The lowest BCUT2D eigenvalue weighted by Gasteiger charge is -2.12. The molecule has 0 aliphatic rings. The molecule has 0 amide bonds. The van der Waals surface area contributed by atoms with Crippen LogP contribution in [-0.4, -0.2) is 17.0 Å². The minimum Gasteiger partial charge on any atom is -0.491 e. The molecule has 1 aromatic heterocycles. The molecule has 16 heavy (non-hydrogen) atoms. The fourth-order valence-electron chi connectivity index (χ4n) is 1.75. The topological polar surface area (TPSA) is 51.5 Å². The van der Waals surface area contributed by atoms with Crippen molar-refractivity contribution in [1.82, 2.24) is 4.73 Å². The Labute approximate surface area is 95.4 Å². The summed E-state index contributed by atoms with van der Waals surface area (Å²) in [6.07, 6.45) is 3.90. The SMILES string of the molecule is CCCCCc1cc(=O)c(OC)c(C)n1O. The van der Waals surface area contributed by atoms with Gasteiger partial charge in [-0.1, -0.05) is 19.8 Å². The van der Waals surface area contributed by atoms with Crippen LogP contribution in [0.15, 0.2) is 10.9 Å². The van der Waals surface area contributed by atoms with Gasteiger partial charge in [0.1, 0.15) is 0 Å². The molecule has 0 saturated heterocycles. The summed E-state index contributed by atoms with van der Waals surface area (Å²) in [5.74, 6) is 0.210. The van der Waals surface area contributed by atoms with Gasteiger partial charge >= 0.3 is 0 Å². The second kappa shape index (κ2) is 5.58. The maximum absolute atomic E-state index is 11.6. The normalized spacial score (nSPS) is 10.4. The standard InChI is InChI=1S/C12H19NO3/c1-4-5-6-7-10-8-11(14)12(16-3)9(2)13(10)15/h8,15H,4-7H2,1-3H3. The number of methoxy groups -OCH3 is 1. The molecule has 0 radical (unpaired) electrons. The maximum atomic E-state index is 11.6. The van der Waals surface area contributed by atoms with Crippen molar-refractivity contribution in [2.75, 3.05) is 7.11 Å². The molecule has 4 heteroatoms. The number of ether oxygens (including phenoxy) is 1. The molecule has 4 nitrogen and oxygen atoms in total. The number of unbranched alkanes of at least 4 members (excludes halogenated alkanes) is 2. The molecule has 0 spiro atoms. The molecule has 1 aromatic rings. The lowest BCUT2D eigenvalue weighted by atomic mass is 10.1. The van der Waals surface area contributed by atoms with Crippen molar-refractivity contribution in [3.05, 3.63) is 27.7 Å². The highest BCUT2D eigenvalue weighted by Gasteiger charge is 2.11. The Bertz CT molecular complexity index is 409. The van der Waals surface area contributed by atoms with Gasteiger partial charge in [0.2, 0.25) is 5.43 Å². The van der Waals surface area contributed by atoms with E-state index in [4.69, 9.17) is 4.74 Å². The summed E-state index contributed by atoms with van der Waals surface area (Å²) in [6.45, 7) is 3.79. The molecule has 0 saturated carbocycles. The van der Waals surface area contributed by atoms with Gasteiger partial charge in [-0.3, -0.25) is 4.79 Å². The summed E-state index contributed by atoms with van der Waals surface area (Å²) in [7, 11) is 1.43. The maximum Gasteiger partial charge on any atom is 0.224 e. The van der Waals surface area contributed by atoms with Gasteiger partial charge in [0.25, 0.3) is 0 Å². The first-order valence-electron chi connectivity index (χ1n) is 5.60. The van der Waals surface area contributed by atoms with Crippen molar-refractivity contribution < 1.29 is 9.94 Å². The van der Waals surface area contributed by atoms with Crippen LogP contribution in [0.3, 0.4) is 0 Å². The second-order valence-electron chi connectivity index (χ2n) is 3.89. The summed E-state index contributed by atoms with van der Waals surface area (Å²) in [5.41, 5.74) is 0.940. The predicted octanol–water partition coefficient (Wildman–Crippen LogP) is 2.14. The van der Waals surface area contributed by atoms with Crippen molar-refractivity contribution >= 4 is 0 Å². The van der Waals surface area contributed by atoms with Crippen LogP contribution in [0.2, 0.25) is 0 Å². The van der Waals surface area contributed by atoms with Crippen LogP contribution in [0.5, 0.6) is 5.75 Å². The van der Waals surface area contributed by atoms with Gasteiger partial charge in [-0.15, -0.1) is 0 Å². The molecule has 0 bridgehead atoms. The number of hydrogen-bond acceptors (Lipinski definition) is 3. The van der Waals surface area contributed by atoms with Crippen molar-refractivity contribution in [2.45, 2.75) is 39.5 Å². The van der Waals surface area contributed by atoms with Crippen LogP contribution >= 0.6 is 0 Å². The van der Waals surface area contributed by atoms with E-state index in [1.165, 1.54) is 13.2 Å². The van der Waals surface area contributed by atoms with E-state index in [1.807, 2.05) is 0 Å². The molecule has 1 rings (SSSR count). The summed E-state index contributed by atoms with van der Waals surface area (Å²) in [4.78, 5) is 11.6. The smallest absolute Gasteiger partial charge is 0.224 e. The molecule has 0 aromatic carbocycles. The highest BCUT2D eigenvalue weighted by atomic mass is 16.5. The number of pyridine rings is 1. The highest BCUT2D eigenvalue weighted by Crippen LogP contribution is 2.14. The Kier molecular flexibility index (Phi) is 4.40. The zero-order chi connectivity index (χ0) is 12.1. The third kappa shape index (κ3) is 2.56. The molecule has 0 fully saturated rings. The van der Waals surface area contributed by atoms with Gasteiger partial charge in [-0.05, 0) is 19.8 Å². The Morgan fingerprint density at radius 1 is 1.44 bits per heavy atom. The lowest BCUT2D eigenvalue weighted by molar-refractivity contribution is 0.163. The van der Waals surface area contributed by atoms with Crippen molar-refractivity contribution in [1.29, 1.82) is 0 Å². The van der Waals surface area contributed by atoms with E-state index in [-0.39, 0.29) is 11.2 Å². The molecule has 0 aliphatic carbocycles. The molecular formula is C12H19NO3. The quantitative estimate of drug-likeness (QED) is 0.617. The minimum absolute atomic E-state index is 0.170. The minimum atomic E-state index is -0.170. The van der Waals surface area contributed by atoms with E-state index < -0.39 is 0 Å². The van der Waals surface area contributed by atoms with E-state index in [0.717, 1.165) is 24.0 Å². The zero-order valence-electron chi connectivity index (χ0n) is 10.1. The highest BCUT2D eigenvalue weighted by molar-refractivity contribution is 5.29. The third-order valence-electron chi connectivity index (χ3n) is 2.68. The van der Waals surface area contributed by atoms with Gasteiger partial charge in [-0.2, -0.15) is 4.73 Å². The van der Waals surface area contributed by atoms with Gasteiger partial charge in [0, 0.05) is 6.07 Å². The second-order valence-corrected chi connectivity index (χ2v) is 3.89. The average molecular weight is 225 g/mol. The van der Waals surface area contributed by atoms with Gasteiger partial charge in [0.15, 0.2) is 5.75 Å². The third-order valence-corrected chi connectivity index (χ3v) is 2.68. The van der Waals surface area contributed by atoms with E-state index in [2.05, 4.69) is 6.92 Å². The monoisotopic (exact) mass is 225 g/mol. The number of hydrogen-bond donors (Lipinski definition) is 1. The van der Waals surface area contributed by atoms with Crippen LogP contribution in [-0.2, 0) is 6.42 Å². The van der Waals surface area contributed by atoms with Crippen molar-refractivity contribution in [3.8, 4) is 5.75 Å². The molecule has 1 N–H and O–H groups in total. The average Bonchev–Trinajstić information content (AvgIpc) is 2.26. The predicted molar refractivity (Wildman–Crippen MR) is 62.4 cm³/mol. The molecule has 90 valence electrons. The van der Waals surface area contributed by atoms with E-state index >= 15 is 0 Å². The summed E-state index contributed by atoms with van der Waals surface area (Å²) in [6, 6.07) is 1.45. The number of aromatic nitrogens is 1. The first-order chi connectivity index (χ1) is 7.61. The fourth-order valence-corrected chi connectivity index (χ4v) is 1.75. The Morgan fingerprint density at radius 2 is 2.12 bits per heavy atom. The van der Waals surface area contributed by atoms with Crippen molar-refractivity contribution in [2.24, 2.45) is 0 Å². The van der Waals surface area contributed by atoms with Gasteiger partial charge in [-0.25, -0.2) is 0 Å². The van der Waals surface area contributed by atoms with Gasteiger partial charge in [0.05, 0.1) is 18.5 Å². The van der Waals surface area contributed by atoms with Gasteiger partial charge < -0.3 is 9.94 Å². The molecule has 1 heterocycles. The van der Waals surface area contributed by atoms with Crippen LogP contribution < -0.4 is 10.2 Å². The van der Waals surface area contributed by atoms with Crippen LogP contribution in [0.1, 0.15) is 37.6 Å². The molecule has 0 atom stereocenters. The van der Waals surface area contributed by atoms with Crippen molar-refractivity contribution in [3.63, 3.8) is 0 Å². The van der Waals surface area contributed by atoms with Crippen LogP contribution in [0.4, 0.5) is 0 Å². The first-order valence-corrected chi connectivity index (χ1v) is 5.60. The summed E-state index contributed by atoms with van der Waals surface area (Å²) < 4.78 is 6.00. The van der Waals surface area contributed by atoms with Crippen LogP contribution in [0.25, 0.3) is 0 Å². The number of nitrogens with zero attached hydrogens (tertiary/aromatic N) is 1. The number of rotatable bonds is 5. The van der Waals surface area contributed by atoms with Crippen LogP contribution in [0, 0.1) is 6.92 Å². The summed E-state index contributed by atoms with van der Waals surface area (Å²) >= 11 is 0. The molecule has 0 unspecified atom stereocenters. The lowest BCUT2D eigenvalue weighted by Crippen LogP contribution is -2.16.